The zero-order valence-electron chi connectivity index (χ0n) is 12.2. The fraction of sp³-hybridized carbons (Fsp3) is 0.333. The van der Waals surface area contributed by atoms with Crippen LogP contribution in [0.4, 0.5) is 0 Å². The van der Waals surface area contributed by atoms with Gasteiger partial charge in [0.2, 0.25) is 0 Å². The molecule has 2 nitrogen and oxygen atoms in total. The smallest absolute Gasteiger partial charge is 0.0294 e. The second-order valence-corrected chi connectivity index (χ2v) is 5.64. The molecule has 0 unspecified atom stereocenters. The Morgan fingerprint density at radius 2 is 1.71 bits per heavy atom. The number of rotatable bonds is 5. The topological polar surface area (TPSA) is 52.0 Å². The van der Waals surface area contributed by atoms with Gasteiger partial charge in [-0.2, -0.15) is 0 Å². The Kier molecular flexibility index (Phi) is 5.40. The van der Waals surface area contributed by atoms with E-state index in [1.54, 1.807) is 0 Å². The summed E-state index contributed by atoms with van der Waals surface area (Å²) in [6.07, 6.45) is 4.22. The molecule has 0 heterocycles. The molecule has 0 amide bonds. The molecule has 1 aliphatic rings. The van der Waals surface area contributed by atoms with E-state index in [0.29, 0.717) is 0 Å². The lowest BCUT2D eigenvalue weighted by Crippen LogP contribution is -2.11. The highest BCUT2D eigenvalue weighted by Gasteiger charge is 2.18. The van der Waals surface area contributed by atoms with E-state index in [-0.39, 0.29) is 18.4 Å². The van der Waals surface area contributed by atoms with E-state index in [2.05, 4.69) is 42.5 Å². The zero-order chi connectivity index (χ0) is 13.9. The molecule has 112 valence electrons. The maximum absolute atomic E-state index is 6.29. The highest BCUT2D eigenvalue weighted by Crippen LogP contribution is 2.37. The predicted octanol–water partition coefficient (Wildman–Crippen LogP) is 3.81. The minimum atomic E-state index is 0. The molecule has 0 spiro atoms. The van der Waals surface area contributed by atoms with Crippen LogP contribution in [-0.4, -0.2) is 6.54 Å². The minimum absolute atomic E-state index is 0. The van der Waals surface area contributed by atoms with Crippen LogP contribution in [0.25, 0.3) is 11.1 Å². The summed E-state index contributed by atoms with van der Waals surface area (Å²) in [6.45, 7) is 0.756. The molecule has 3 rings (SSSR count). The fourth-order valence-corrected chi connectivity index (χ4v) is 3.07. The van der Waals surface area contributed by atoms with Crippen molar-refractivity contribution < 1.29 is 0 Å². The van der Waals surface area contributed by atoms with Gasteiger partial charge in [0, 0.05) is 6.04 Å². The Morgan fingerprint density at radius 1 is 0.952 bits per heavy atom. The van der Waals surface area contributed by atoms with Gasteiger partial charge in [-0.05, 0) is 53.6 Å². The van der Waals surface area contributed by atoms with Crippen LogP contribution in [0, 0.1) is 0 Å². The van der Waals surface area contributed by atoms with E-state index in [4.69, 9.17) is 11.5 Å². The largest absolute Gasteiger partial charge is 0.330 e. The number of hydrogen-bond acceptors (Lipinski definition) is 2. The Morgan fingerprint density at radius 3 is 2.52 bits per heavy atom. The second-order valence-electron chi connectivity index (χ2n) is 5.64. The summed E-state index contributed by atoms with van der Waals surface area (Å²) >= 11 is 0. The van der Waals surface area contributed by atoms with Gasteiger partial charge >= 0.3 is 0 Å². The lowest BCUT2D eigenvalue weighted by Gasteiger charge is -2.13. The van der Waals surface area contributed by atoms with Gasteiger partial charge in [-0.25, -0.2) is 0 Å². The van der Waals surface area contributed by atoms with Crippen molar-refractivity contribution >= 4 is 12.4 Å². The Labute approximate surface area is 133 Å². The van der Waals surface area contributed by atoms with Crippen molar-refractivity contribution in [3.63, 3.8) is 0 Å². The third-order valence-electron chi connectivity index (χ3n) is 4.22. The van der Waals surface area contributed by atoms with Crippen molar-refractivity contribution in [2.45, 2.75) is 31.7 Å². The second kappa shape index (κ2) is 7.08. The van der Waals surface area contributed by atoms with Crippen LogP contribution in [0.15, 0.2) is 42.5 Å². The average molecular weight is 303 g/mol. The van der Waals surface area contributed by atoms with Gasteiger partial charge in [0.05, 0.1) is 0 Å². The summed E-state index contributed by atoms with van der Waals surface area (Å²) < 4.78 is 0. The van der Waals surface area contributed by atoms with Crippen LogP contribution in [0.3, 0.4) is 0 Å². The third kappa shape index (κ3) is 3.29. The van der Waals surface area contributed by atoms with Gasteiger partial charge in [0.1, 0.15) is 0 Å². The van der Waals surface area contributed by atoms with Crippen molar-refractivity contribution in [3.05, 3.63) is 59.2 Å². The van der Waals surface area contributed by atoms with Crippen molar-refractivity contribution in [1.29, 1.82) is 0 Å². The van der Waals surface area contributed by atoms with Gasteiger partial charge < -0.3 is 11.5 Å². The zero-order valence-corrected chi connectivity index (χ0v) is 13.0. The molecule has 2 aromatic carbocycles. The van der Waals surface area contributed by atoms with Gasteiger partial charge in [-0.3, -0.25) is 0 Å². The summed E-state index contributed by atoms with van der Waals surface area (Å²) in [4.78, 5) is 0. The van der Waals surface area contributed by atoms with Crippen molar-refractivity contribution in [2.75, 3.05) is 6.54 Å². The molecule has 0 fully saturated rings. The minimum Gasteiger partial charge on any atom is -0.330 e. The Bertz CT molecular complexity index is 610. The van der Waals surface area contributed by atoms with Gasteiger partial charge in [-0.1, -0.05) is 48.9 Å². The monoisotopic (exact) mass is 302 g/mol. The first-order valence-corrected chi connectivity index (χ1v) is 7.46. The summed E-state index contributed by atoms with van der Waals surface area (Å²) in [5.74, 6) is 0. The first-order valence-electron chi connectivity index (χ1n) is 7.46. The number of benzene rings is 2. The van der Waals surface area contributed by atoms with Crippen LogP contribution in [0.2, 0.25) is 0 Å². The normalized spacial score (nSPS) is 13.2. The lowest BCUT2D eigenvalue weighted by atomic mass is 9.97. The van der Waals surface area contributed by atoms with Crippen molar-refractivity contribution in [3.8, 4) is 11.1 Å². The number of hydrogen-bond donors (Lipinski definition) is 2. The summed E-state index contributed by atoms with van der Waals surface area (Å²) in [5.41, 5.74) is 18.7. The van der Waals surface area contributed by atoms with Crippen LogP contribution in [0.1, 0.15) is 42.0 Å². The molecule has 0 saturated heterocycles. The third-order valence-corrected chi connectivity index (χ3v) is 4.22. The summed E-state index contributed by atoms with van der Waals surface area (Å²) in [7, 11) is 0. The van der Waals surface area contributed by atoms with Crippen LogP contribution >= 0.6 is 12.4 Å². The molecule has 2 aromatic rings. The molecular formula is C18H23ClN2. The molecule has 0 aliphatic heterocycles. The fourth-order valence-electron chi connectivity index (χ4n) is 3.07. The van der Waals surface area contributed by atoms with Crippen LogP contribution in [-0.2, 0) is 6.42 Å². The molecule has 0 radical (unpaired) electrons. The van der Waals surface area contributed by atoms with E-state index >= 15 is 0 Å². The lowest BCUT2D eigenvalue weighted by molar-refractivity contribution is 0.591. The quantitative estimate of drug-likeness (QED) is 0.704. The average Bonchev–Trinajstić information content (AvgIpc) is 2.85. The Hall–Kier alpha value is -1.35. The number of nitrogens with two attached hydrogens (primary N) is 2. The maximum Gasteiger partial charge on any atom is 0.0294 e. The van der Waals surface area contributed by atoms with E-state index < -0.39 is 0 Å². The van der Waals surface area contributed by atoms with Gasteiger partial charge in [0.25, 0.3) is 0 Å². The maximum atomic E-state index is 6.29. The molecule has 0 bridgehead atoms. The van der Waals surface area contributed by atoms with Crippen molar-refractivity contribution in [1.82, 2.24) is 0 Å². The highest BCUT2D eigenvalue weighted by molar-refractivity contribution is 5.85. The predicted molar refractivity (Wildman–Crippen MR) is 91.8 cm³/mol. The van der Waals surface area contributed by atoms with Crippen molar-refractivity contribution in [2.24, 2.45) is 11.5 Å². The van der Waals surface area contributed by atoms with Gasteiger partial charge in [0.15, 0.2) is 0 Å². The molecule has 1 atom stereocenters. The first-order chi connectivity index (χ1) is 9.79. The van der Waals surface area contributed by atoms with E-state index in [1.165, 1.54) is 27.8 Å². The van der Waals surface area contributed by atoms with Crippen LogP contribution in [0.5, 0.6) is 0 Å². The number of fused-ring (bicyclic) bond motifs is 3. The molecular weight excluding hydrogens is 280 g/mol. The molecule has 21 heavy (non-hydrogen) atoms. The SMILES string of the molecule is Cl.NCCCC[C@H](N)c1ccc2c(c1)Cc1ccccc1-2. The van der Waals surface area contributed by atoms with Gasteiger partial charge in [-0.15, -0.1) is 12.4 Å². The first kappa shape index (κ1) is 16.0. The highest BCUT2D eigenvalue weighted by atomic mass is 35.5. The van der Waals surface area contributed by atoms with E-state index in [1.807, 2.05) is 0 Å². The van der Waals surface area contributed by atoms with E-state index in [0.717, 1.165) is 32.2 Å². The standard InChI is InChI=1S/C18H22N2.ClH/c19-10-4-3-7-18(20)14-8-9-17-15(12-14)11-13-5-1-2-6-16(13)17;/h1-2,5-6,8-9,12,18H,3-4,7,10-11,19-20H2;1H/t18-;/m0./s1. The number of unbranched alkanes of at least 4 members (excludes halogenated alkanes) is 1. The molecule has 0 saturated carbocycles. The summed E-state index contributed by atoms with van der Waals surface area (Å²) in [6, 6.07) is 15.5. The molecule has 4 N–H and O–H groups in total. The molecule has 3 heteroatoms. The summed E-state index contributed by atoms with van der Waals surface area (Å²) in [5, 5.41) is 0. The Balaban J connectivity index is 0.00000161. The molecule has 0 aromatic heterocycles. The van der Waals surface area contributed by atoms with Crippen LogP contribution < -0.4 is 11.5 Å². The number of halogens is 1. The van der Waals surface area contributed by atoms with E-state index in [9.17, 15) is 0 Å². The molecule has 1 aliphatic carbocycles.